The fourth-order valence-electron chi connectivity index (χ4n) is 1.45. The Morgan fingerprint density at radius 1 is 1.56 bits per heavy atom. The van der Waals surface area contributed by atoms with Crippen LogP contribution in [0.3, 0.4) is 0 Å². The van der Waals surface area contributed by atoms with Crippen LogP contribution in [-0.4, -0.2) is 29.1 Å². The first-order valence-electron chi connectivity index (χ1n) is 5.24. The minimum absolute atomic E-state index is 0.189. The molecule has 1 rings (SSSR count). The molecule has 0 radical (unpaired) electrons. The number of methoxy groups -OCH3 is 1. The zero-order valence-corrected chi connectivity index (χ0v) is 9.60. The molecule has 16 heavy (non-hydrogen) atoms. The van der Waals surface area contributed by atoms with Crippen LogP contribution in [0, 0.1) is 6.92 Å². The van der Waals surface area contributed by atoms with Crippen molar-refractivity contribution in [3.8, 4) is 0 Å². The molecular weight excluding hydrogens is 208 g/mol. The second-order valence-corrected chi connectivity index (χ2v) is 3.58. The normalized spacial score (nSPS) is 10.1. The van der Waals surface area contributed by atoms with Crippen molar-refractivity contribution in [2.45, 2.75) is 32.7 Å². The number of rotatable bonds is 6. The van der Waals surface area contributed by atoms with Crippen molar-refractivity contribution in [3.05, 3.63) is 17.5 Å². The first kappa shape index (κ1) is 12.4. The monoisotopic (exact) mass is 224 g/mol. The molecule has 5 heteroatoms. The number of aromatic nitrogens is 2. The maximum absolute atomic E-state index is 10.8. The second kappa shape index (κ2) is 6.05. The summed E-state index contributed by atoms with van der Waals surface area (Å²) >= 11 is 0. The van der Waals surface area contributed by atoms with Crippen LogP contribution >= 0.6 is 0 Å². The number of hydrogen-bond acceptors (Lipinski definition) is 4. The SMILES string of the molecule is COC(=O)CCCCn1nc(C=O)cc1C. The molecule has 0 aliphatic heterocycles. The van der Waals surface area contributed by atoms with Gasteiger partial charge in [-0.25, -0.2) is 0 Å². The number of hydrogen-bond donors (Lipinski definition) is 0. The van der Waals surface area contributed by atoms with Crippen LogP contribution in [0.4, 0.5) is 0 Å². The van der Waals surface area contributed by atoms with Crippen molar-refractivity contribution in [3.63, 3.8) is 0 Å². The largest absolute Gasteiger partial charge is 0.469 e. The summed E-state index contributed by atoms with van der Waals surface area (Å²) in [5, 5.41) is 4.10. The van der Waals surface area contributed by atoms with Gasteiger partial charge in [-0.3, -0.25) is 14.3 Å². The predicted octanol–water partition coefficient (Wildman–Crippen LogP) is 1.35. The smallest absolute Gasteiger partial charge is 0.305 e. The Hall–Kier alpha value is -1.65. The number of aryl methyl sites for hydroxylation is 2. The van der Waals surface area contributed by atoms with Gasteiger partial charge in [-0.2, -0.15) is 5.10 Å². The molecule has 0 unspecified atom stereocenters. The Bertz CT molecular complexity index is 371. The average Bonchev–Trinajstić information content (AvgIpc) is 2.65. The number of ether oxygens (including phenoxy) is 1. The highest BCUT2D eigenvalue weighted by Gasteiger charge is 2.04. The molecule has 0 amide bonds. The van der Waals surface area contributed by atoms with E-state index in [-0.39, 0.29) is 5.97 Å². The van der Waals surface area contributed by atoms with Gasteiger partial charge in [-0.05, 0) is 25.8 Å². The van der Waals surface area contributed by atoms with E-state index in [1.807, 2.05) is 6.92 Å². The number of nitrogens with zero attached hydrogens (tertiary/aromatic N) is 2. The maximum Gasteiger partial charge on any atom is 0.305 e. The maximum atomic E-state index is 10.8. The molecular formula is C11H16N2O3. The van der Waals surface area contributed by atoms with Gasteiger partial charge in [0, 0.05) is 18.7 Å². The van der Waals surface area contributed by atoms with Gasteiger partial charge in [-0.15, -0.1) is 0 Å². The molecule has 1 heterocycles. The molecule has 0 saturated heterocycles. The minimum Gasteiger partial charge on any atom is -0.469 e. The van der Waals surface area contributed by atoms with Gasteiger partial charge in [0.1, 0.15) is 5.69 Å². The average molecular weight is 224 g/mol. The van der Waals surface area contributed by atoms with E-state index in [0.29, 0.717) is 12.1 Å². The third-order valence-electron chi connectivity index (χ3n) is 2.35. The zero-order chi connectivity index (χ0) is 12.0. The van der Waals surface area contributed by atoms with Gasteiger partial charge >= 0.3 is 5.97 Å². The number of carbonyl (C=O) groups excluding carboxylic acids is 2. The standard InChI is InChI=1S/C11H16N2O3/c1-9-7-10(8-14)12-13(9)6-4-3-5-11(15)16-2/h7-8H,3-6H2,1-2H3. The summed E-state index contributed by atoms with van der Waals surface area (Å²) in [4.78, 5) is 21.3. The molecule has 88 valence electrons. The minimum atomic E-state index is -0.189. The molecule has 0 saturated carbocycles. The van der Waals surface area contributed by atoms with Crippen LogP contribution in [-0.2, 0) is 16.1 Å². The number of aldehydes is 1. The van der Waals surface area contributed by atoms with Crippen molar-refractivity contribution in [2.24, 2.45) is 0 Å². The molecule has 1 aromatic heterocycles. The summed E-state index contributed by atoms with van der Waals surface area (Å²) in [6, 6.07) is 1.74. The summed E-state index contributed by atoms with van der Waals surface area (Å²) in [5.74, 6) is -0.189. The van der Waals surface area contributed by atoms with Gasteiger partial charge in [0.15, 0.2) is 6.29 Å². The molecule has 5 nitrogen and oxygen atoms in total. The molecule has 1 aromatic rings. The fraction of sp³-hybridized carbons (Fsp3) is 0.545. The Morgan fingerprint density at radius 2 is 2.31 bits per heavy atom. The lowest BCUT2D eigenvalue weighted by Crippen LogP contribution is -2.05. The van der Waals surface area contributed by atoms with Crippen molar-refractivity contribution in [1.82, 2.24) is 9.78 Å². The molecule has 0 aliphatic carbocycles. The van der Waals surface area contributed by atoms with E-state index in [9.17, 15) is 9.59 Å². The summed E-state index contributed by atoms with van der Waals surface area (Å²) < 4.78 is 6.32. The molecule has 0 aliphatic rings. The van der Waals surface area contributed by atoms with Crippen LogP contribution in [0.15, 0.2) is 6.07 Å². The summed E-state index contributed by atoms with van der Waals surface area (Å²) in [5.41, 5.74) is 1.41. The van der Waals surface area contributed by atoms with Crippen LogP contribution in [0.2, 0.25) is 0 Å². The summed E-state index contributed by atoms with van der Waals surface area (Å²) in [6.07, 6.45) is 2.77. The lowest BCUT2D eigenvalue weighted by Gasteiger charge is -2.03. The number of esters is 1. The van der Waals surface area contributed by atoms with E-state index < -0.39 is 0 Å². The zero-order valence-electron chi connectivity index (χ0n) is 9.60. The Morgan fingerprint density at radius 3 is 2.88 bits per heavy atom. The predicted molar refractivity (Wildman–Crippen MR) is 58.2 cm³/mol. The van der Waals surface area contributed by atoms with E-state index in [1.54, 1.807) is 10.7 Å². The summed E-state index contributed by atoms with van der Waals surface area (Å²) in [7, 11) is 1.39. The van der Waals surface area contributed by atoms with Gasteiger partial charge in [0.25, 0.3) is 0 Å². The van der Waals surface area contributed by atoms with Gasteiger partial charge in [0.2, 0.25) is 0 Å². The second-order valence-electron chi connectivity index (χ2n) is 3.58. The summed E-state index contributed by atoms with van der Waals surface area (Å²) in [6.45, 7) is 2.62. The lowest BCUT2D eigenvalue weighted by atomic mass is 10.2. The third kappa shape index (κ3) is 3.49. The van der Waals surface area contributed by atoms with Crippen LogP contribution < -0.4 is 0 Å². The van der Waals surface area contributed by atoms with E-state index in [1.165, 1.54) is 7.11 Å². The fourth-order valence-corrected chi connectivity index (χ4v) is 1.45. The number of unbranched alkanes of at least 4 members (excludes halogenated alkanes) is 1. The van der Waals surface area contributed by atoms with E-state index in [2.05, 4.69) is 9.84 Å². The topological polar surface area (TPSA) is 61.2 Å². The van der Waals surface area contributed by atoms with E-state index >= 15 is 0 Å². The Kier molecular flexibility index (Phi) is 4.69. The van der Waals surface area contributed by atoms with Crippen molar-refractivity contribution < 1.29 is 14.3 Å². The molecule has 0 atom stereocenters. The Labute approximate surface area is 94.4 Å². The molecule has 0 spiro atoms. The van der Waals surface area contributed by atoms with Gasteiger partial charge in [-0.1, -0.05) is 0 Å². The van der Waals surface area contributed by atoms with E-state index in [4.69, 9.17) is 0 Å². The first-order valence-corrected chi connectivity index (χ1v) is 5.24. The lowest BCUT2D eigenvalue weighted by molar-refractivity contribution is -0.140. The van der Waals surface area contributed by atoms with Gasteiger partial charge in [0.05, 0.1) is 7.11 Å². The first-order chi connectivity index (χ1) is 7.67. The molecule has 0 bridgehead atoms. The number of carbonyl (C=O) groups is 2. The highest BCUT2D eigenvalue weighted by atomic mass is 16.5. The van der Waals surface area contributed by atoms with Crippen LogP contribution in [0.1, 0.15) is 35.4 Å². The van der Waals surface area contributed by atoms with Crippen molar-refractivity contribution in [2.75, 3.05) is 7.11 Å². The highest BCUT2D eigenvalue weighted by Crippen LogP contribution is 2.05. The van der Waals surface area contributed by atoms with Crippen molar-refractivity contribution in [1.29, 1.82) is 0 Å². The highest BCUT2D eigenvalue weighted by molar-refractivity contribution is 5.71. The quantitative estimate of drug-likeness (QED) is 0.415. The molecule has 0 fully saturated rings. The van der Waals surface area contributed by atoms with Crippen molar-refractivity contribution >= 4 is 12.3 Å². The molecule has 0 N–H and O–H groups in total. The van der Waals surface area contributed by atoms with Crippen LogP contribution in [0.5, 0.6) is 0 Å². The van der Waals surface area contributed by atoms with Crippen LogP contribution in [0.25, 0.3) is 0 Å². The molecule has 0 aromatic carbocycles. The van der Waals surface area contributed by atoms with Gasteiger partial charge < -0.3 is 4.74 Å². The third-order valence-corrected chi connectivity index (χ3v) is 2.35. The Balaban J connectivity index is 2.34. The van der Waals surface area contributed by atoms with E-state index in [0.717, 1.165) is 31.4 Å².